The Morgan fingerprint density at radius 3 is 1.00 bits per heavy atom. The van der Waals surface area contributed by atoms with Crippen molar-refractivity contribution in [3.8, 4) is 22.3 Å². The van der Waals surface area contributed by atoms with E-state index < -0.39 is 0 Å². The molecule has 71 heavy (non-hydrogen) atoms. The summed E-state index contributed by atoms with van der Waals surface area (Å²) in [6.07, 6.45) is 0. The standard InChI is InChI=1S/C24H24.2C20H12.CH4.6K/c1-23(2,19-11-7-5-8-12-19)21-15-17-22(18-16-21)24(3,4)20-13-9-6-10-14-20;1-3-11-17-15(7-1)9-5-13-19(17)20-14-6-10-16-8-2-4-12-18(16)20;1-3-7-17-13-19(11-9-15(17)5-1)20-12-10-16-6-2-4-8-18(16)14-20;;;;;;;/h7-18H,1-4H3;1-12H;3-14H;1H4;;;;;;/q3*-2;;6*+1. The molecule has 6 heteroatoms. The Morgan fingerprint density at radius 2 is 0.620 bits per heavy atom. The van der Waals surface area contributed by atoms with Crippen molar-refractivity contribution in [1.29, 1.82) is 0 Å². The van der Waals surface area contributed by atoms with E-state index in [9.17, 15) is 0 Å². The van der Waals surface area contributed by atoms with Gasteiger partial charge in [-0.25, -0.2) is 11.1 Å². The van der Waals surface area contributed by atoms with Gasteiger partial charge in [0.2, 0.25) is 0 Å². The molecular formula is C65H52K6. The van der Waals surface area contributed by atoms with E-state index in [0.29, 0.717) is 0 Å². The van der Waals surface area contributed by atoms with Gasteiger partial charge < -0.3 is 0 Å². The van der Waals surface area contributed by atoms with E-state index >= 15 is 0 Å². The third-order valence-electron chi connectivity index (χ3n) is 12.6. The molecule has 0 spiro atoms. The molecule has 0 atom stereocenters. The molecule has 0 saturated carbocycles. The zero-order chi connectivity index (χ0) is 43.9. The van der Waals surface area contributed by atoms with Crippen LogP contribution in [0.5, 0.6) is 0 Å². The van der Waals surface area contributed by atoms with Crippen molar-refractivity contribution in [3.05, 3.63) is 277 Å². The first kappa shape index (κ1) is 69.4. The third kappa shape index (κ3) is 17.6. The van der Waals surface area contributed by atoms with Gasteiger partial charge in [-0.3, -0.25) is 0 Å². The van der Waals surface area contributed by atoms with E-state index in [1.54, 1.807) is 0 Å². The number of hydrogen-bond donors (Lipinski definition) is 0. The summed E-state index contributed by atoms with van der Waals surface area (Å²) >= 11 is 0. The zero-order valence-corrected chi connectivity index (χ0v) is 61.5. The third-order valence-corrected chi connectivity index (χ3v) is 12.6. The molecule has 0 fully saturated rings. The first-order valence-corrected chi connectivity index (χ1v) is 21.9. The van der Waals surface area contributed by atoms with E-state index in [4.69, 9.17) is 0 Å². The van der Waals surface area contributed by atoms with Gasteiger partial charge >= 0.3 is 308 Å². The van der Waals surface area contributed by atoms with Crippen molar-refractivity contribution < 1.29 is 308 Å². The predicted octanol–water partition coefficient (Wildman–Crippen LogP) is -0.880. The van der Waals surface area contributed by atoms with Crippen molar-refractivity contribution in [1.82, 2.24) is 0 Å². The molecule has 0 aromatic heterocycles. The second-order valence-corrected chi connectivity index (χ2v) is 17.3. The van der Waals surface area contributed by atoms with E-state index in [0.717, 1.165) is 11.1 Å². The molecule has 0 aliphatic carbocycles. The Balaban J connectivity index is 0.000000349. The number of benzene rings is 11. The van der Waals surface area contributed by atoms with Crippen LogP contribution < -0.4 is 308 Å². The van der Waals surface area contributed by atoms with Crippen LogP contribution in [-0.4, -0.2) is 0 Å². The molecule has 0 unspecified atom stereocenters. The first-order valence-electron chi connectivity index (χ1n) is 21.9. The molecule has 11 rings (SSSR count). The van der Waals surface area contributed by atoms with Gasteiger partial charge in [0.25, 0.3) is 0 Å². The second kappa shape index (κ2) is 33.8. The minimum Gasteiger partial charge on any atom is -0.218 e. The SMILES string of the molecule is C.CC(C)(c1cc[c-]cc1)c1ccc(C(C)(C)c2cc[c-]cc2)cc1.[K+].[K+].[K+].[K+].[K+].[K+].[c-]1ccc2cc(-c3ccc4c[c-]ccc4c3)ccc2c1.[c-]1ccc2ccccc2c1-c1[c-]ccc2ccccc12. The van der Waals surface area contributed by atoms with Crippen LogP contribution in [-0.2, 0) is 10.8 Å². The van der Waals surface area contributed by atoms with E-state index in [-0.39, 0.29) is 327 Å². The van der Waals surface area contributed by atoms with Gasteiger partial charge in [-0.2, -0.15) is 133 Å². The zero-order valence-electron chi connectivity index (χ0n) is 42.8. The minimum absolute atomic E-state index is 0. The summed E-state index contributed by atoms with van der Waals surface area (Å²) in [5, 5.41) is 9.89. The fraction of sp³-hybridized carbons (Fsp3) is 0.108. The fourth-order valence-corrected chi connectivity index (χ4v) is 8.59. The van der Waals surface area contributed by atoms with Crippen LogP contribution in [0.2, 0.25) is 0 Å². The van der Waals surface area contributed by atoms with Crippen LogP contribution >= 0.6 is 0 Å². The van der Waals surface area contributed by atoms with Gasteiger partial charge in [-0.15, -0.1) is 90.6 Å². The molecule has 0 N–H and O–H groups in total. The molecular weight excluding hydrogens is 1020 g/mol. The Labute approximate surface area is 680 Å². The van der Waals surface area contributed by atoms with Crippen LogP contribution in [0.4, 0.5) is 0 Å². The molecule has 0 nitrogen and oxygen atoms in total. The van der Waals surface area contributed by atoms with Gasteiger partial charge in [0.05, 0.1) is 0 Å². The van der Waals surface area contributed by atoms with Gasteiger partial charge in [0.15, 0.2) is 0 Å². The van der Waals surface area contributed by atoms with Gasteiger partial charge in [0, 0.05) is 0 Å². The quantitative estimate of drug-likeness (QED) is 0.150. The van der Waals surface area contributed by atoms with Crippen LogP contribution in [0.1, 0.15) is 57.4 Å². The molecule has 0 aliphatic rings. The smallest absolute Gasteiger partial charge is 0.218 e. The first-order chi connectivity index (χ1) is 31.3. The fourth-order valence-electron chi connectivity index (χ4n) is 8.59. The van der Waals surface area contributed by atoms with Crippen molar-refractivity contribution in [2.45, 2.75) is 46.0 Å². The Kier molecular flexibility index (Phi) is 33.0. The van der Waals surface area contributed by atoms with Crippen molar-refractivity contribution in [2.24, 2.45) is 0 Å². The van der Waals surface area contributed by atoms with Gasteiger partial charge in [-0.1, -0.05) is 120 Å². The second-order valence-electron chi connectivity index (χ2n) is 17.3. The van der Waals surface area contributed by atoms with Crippen LogP contribution in [0, 0.1) is 36.4 Å². The molecule has 0 amide bonds. The summed E-state index contributed by atoms with van der Waals surface area (Å²) in [6, 6.07) is 95.2. The van der Waals surface area contributed by atoms with Crippen LogP contribution in [0.15, 0.2) is 218 Å². The average molecular weight is 1070 g/mol. The number of fused-ring (bicyclic) bond motifs is 4. The van der Waals surface area contributed by atoms with Crippen LogP contribution in [0.3, 0.4) is 0 Å². The maximum absolute atomic E-state index is 3.39. The van der Waals surface area contributed by atoms with Crippen molar-refractivity contribution in [2.75, 3.05) is 0 Å². The van der Waals surface area contributed by atoms with Crippen LogP contribution in [0.25, 0.3) is 65.3 Å². The monoisotopic (exact) mass is 1070 g/mol. The Bertz CT molecular complexity index is 3090. The topological polar surface area (TPSA) is 0 Å². The molecule has 11 aromatic carbocycles. The van der Waals surface area contributed by atoms with Gasteiger partial charge in [-0.05, 0) is 33.1 Å². The maximum Gasteiger partial charge on any atom is 1.00 e. The Hall–Kier alpha value is 2.28. The summed E-state index contributed by atoms with van der Waals surface area (Å²) in [7, 11) is 0. The minimum atomic E-state index is -0.0144. The molecule has 0 radical (unpaired) electrons. The average Bonchev–Trinajstić information content (AvgIpc) is 3.36. The largest absolute Gasteiger partial charge is 1.00 e. The normalized spacial score (nSPS) is 10.3. The molecule has 318 valence electrons. The predicted molar refractivity (Wildman–Crippen MR) is 277 cm³/mol. The molecule has 0 heterocycles. The maximum atomic E-state index is 3.39. The summed E-state index contributed by atoms with van der Waals surface area (Å²) in [5.41, 5.74) is 10.00. The summed E-state index contributed by atoms with van der Waals surface area (Å²) < 4.78 is 0. The Morgan fingerprint density at radius 1 is 0.296 bits per heavy atom. The molecule has 11 aromatic rings. The van der Waals surface area contributed by atoms with Crippen molar-refractivity contribution in [3.63, 3.8) is 0 Å². The summed E-state index contributed by atoms with van der Waals surface area (Å²) in [4.78, 5) is 0. The summed E-state index contributed by atoms with van der Waals surface area (Å²) in [5.74, 6) is 0. The van der Waals surface area contributed by atoms with E-state index in [1.165, 1.54) is 76.5 Å². The van der Waals surface area contributed by atoms with E-state index in [2.05, 4.69) is 222 Å². The molecule has 0 aliphatic heterocycles. The van der Waals surface area contributed by atoms with Gasteiger partial charge in [0.1, 0.15) is 0 Å². The van der Waals surface area contributed by atoms with Crippen molar-refractivity contribution >= 4 is 43.1 Å². The summed E-state index contributed by atoms with van der Waals surface area (Å²) in [6.45, 7) is 9.09. The number of hydrogen-bond acceptors (Lipinski definition) is 0. The number of rotatable bonds is 6. The molecule has 0 saturated heterocycles. The van der Waals surface area contributed by atoms with E-state index in [1.807, 2.05) is 60.7 Å². The molecule has 0 bridgehead atoms.